The molecule has 1 N–H and O–H groups in total. The van der Waals surface area contributed by atoms with Crippen LogP contribution in [0.1, 0.15) is 26.3 Å². The zero-order valence-corrected chi connectivity index (χ0v) is 11.6. The Bertz CT molecular complexity index is 348. The van der Waals surface area contributed by atoms with Gasteiger partial charge in [-0.2, -0.15) is 0 Å². The molecule has 3 heteroatoms. The highest BCUT2D eigenvalue weighted by molar-refractivity contribution is 6.35. The molecule has 0 aromatic heterocycles. The van der Waals surface area contributed by atoms with Crippen LogP contribution in [0.5, 0.6) is 0 Å². The molecule has 0 aliphatic heterocycles. The molecule has 0 fully saturated rings. The molecule has 0 saturated carbocycles. The minimum Gasteiger partial charge on any atom is -0.316 e. The van der Waals surface area contributed by atoms with Crippen molar-refractivity contribution in [3.8, 4) is 0 Å². The zero-order valence-electron chi connectivity index (χ0n) is 10.1. The van der Waals surface area contributed by atoms with Crippen LogP contribution in [0, 0.1) is 5.41 Å². The van der Waals surface area contributed by atoms with Gasteiger partial charge in [0.15, 0.2) is 0 Å². The first-order valence-corrected chi connectivity index (χ1v) is 6.35. The number of rotatable bonds is 5. The van der Waals surface area contributed by atoms with Gasteiger partial charge in [0, 0.05) is 16.6 Å². The molecule has 1 rings (SSSR count). The number of nitrogens with one attached hydrogen (secondary N) is 1. The lowest BCUT2D eigenvalue weighted by Gasteiger charge is -2.25. The van der Waals surface area contributed by atoms with E-state index in [1.807, 2.05) is 18.2 Å². The van der Waals surface area contributed by atoms with E-state index in [0.29, 0.717) is 5.02 Å². The number of benzene rings is 1. The van der Waals surface area contributed by atoms with Gasteiger partial charge in [-0.05, 0) is 36.1 Å². The van der Waals surface area contributed by atoms with Gasteiger partial charge >= 0.3 is 0 Å². The Labute approximate surface area is 108 Å². The third kappa shape index (κ3) is 4.32. The van der Waals surface area contributed by atoms with E-state index in [-0.39, 0.29) is 5.41 Å². The molecule has 0 spiro atoms. The molecule has 0 bridgehead atoms. The van der Waals surface area contributed by atoms with Crippen LogP contribution in [0.4, 0.5) is 0 Å². The fraction of sp³-hybridized carbons (Fsp3) is 0.538. The molecule has 0 heterocycles. The molecule has 0 aliphatic rings. The normalized spacial score (nSPS) is 11.8. The van der Waals surface area contributed by atoms with Crippen LogP contribution in [0.2, 0.25) is 10.0 Å². The summed E-state index contributed by atoms with van der Waals surface area (Å²) in [6.07, 6.45) is 0.954. The molecule has 0 radical (unpaired) electrons. The number of hydrogen-bond donors (Lipinski definition) is 1. The Balaban J connectivity index is 2.71. The van der Waals surface area contributed by atoms with Crippen molar-refractivity contribution >= 4 is 23.2 Å². The van der Waals surface area contributed by atoms with Crippen molar-refractivity contribution in [2.45, 2.75) is 27.2 Å². The molecule has 0 amide bonds. The highest BCUT2D eigenvalue weighted by Crippen LogP contribution is 2.28. The highest BCUT2D eigenvalue weighted by Gasteiger charge is 2.19. The molecular formula is C13H19Cl2N. The van der Waals surface area contributed by atoms with Crippen LogP contribution in [-0.2, 0) is 6.42 Å². The molecule has 1 nitrogen and oxygen atoms in total. The van der Waals surface area contributed by atoms with Crippen LogP contribution in [0.3, 0.4) is 0 Å². The van der Waals surface area contributed by atoms with Gasteiger partial charge < -0.3 is 5.32 Å². The Morgan fingerprint density at radius 3 is 2.50 bits per heavy atom. The predicted molar refractivity (Wildman–Crippen MR) is 72.5 cm³/mol. The minimum absolute atomic E-state index is 0.202. The average Bonchev–Trinajstić information content (AvgIpc) is 2.19. The van der Waals surface area contributed by atoms with E-state index in [1.165, 1.54) is 0 Å². The molecule has 0 saturated heterocycles. The zero-order chi connectivity index (χ0) is 12.2. The molecule has 1 aromatic rings. The maximum absolute atomic E-state index is 6.16. The quantitative estimate of drug-likeness (QED) is 0.837. The first kappa shape index (κ1) is 13.8. The lowest BCUT2D eigenvalue weighted by molar-refractivity contribution is 0.342. The molecule has 0 atom stereocenters. The Morgan fingerprint density at radius 2 is 1.94 bits per heavy atom. The van der Waals surface area contributed by atoms with Crippen molar-refractivity contribution in [2.75, 3.05) is 13.1 Å². The Kier molecular flexibility index (Phi) is 5.10. The van der Waals surface area contributed by atoms with Gasteiger partial charge in [-0.15, -0.1) is 0 Å². The van der Waals surface area contributed by atoms with Gasteiger partial charge in [0.25, 0.3) is 0 Å². The summed E-state index contributed by atoms with van der Waals surface area (Å²) in [6, 6.07) is 5.71. The second kappa shape index (κ2) is 5.90. The topological polar surface area (TPSA) is 12.0 Å². The summed E-state index contributed by atoms with van der Waals surface area (Å²) in [7, 11) is 0. The van der Waals surface area contributed by atoms with Crippen LogP contribution in [-0.4, -0.2) is 13.1 Å². The smallest absolute Gasteiger partial charge is 0.0453 e. The standard InChI is InChI=1S/C13H19Cl2N/c1-4-16-9-13(2,3)8-10-5-6-11(14)7-12(10)15/h5-7,16H,4,8-9H2,1-3H3. The number of hydrogen-bond acceptors (Lipinski definition) is 1. The highest BCUT2D eigenvalue weighted by atomic mass is 35.5. The van der Waals surface area contributed by atoms with E-state index >= 15 is 0 Å². The van der Waals surface area contributed by atoms with Crippen molar-refractivity contribution in [1.29, 1.82) is 0 Å². The molecule has 1 aromatic carbocycles. The van der Waals surface area contributed by atoms with Crippen LogP contribution >= 0.6 is 23.2 Å². The Hall–Kier alpha value is -0.240. The molecular weight excluding hydrogens is 241 g/mol. The fourth-order valence-corrected chi connectivity index (χ4v) is 2.18. The van der Waals surface area contributed by atoms with Crippen molar-refractivity contribution in [1.82, 2.24) is 5.32 Å². The summed E-state index contributed by atoms with van der Waals surface area (Å²) in [5.74, 6) is 0. The summed E-state index contributed by atoms with van der Waals surface area (Å²) in [5, 5.41) is 4.82. The minimum atomic E-state index is 0.202. The van der Waals surface area contributed by atoms with Gasteiger partial charge in [-0.3, -0.25) is 0 Å². The van der Waals surface area contributed by atoms with Gasteiger partial charge in [0.05, 0.1) is 0 Å². The summed E-state index contributed by atoms with van der Waals surface area (Å²) >= 11 is 12.0. The molecule has 0 unspecified atom stereocenters. The van der Waals surface area contributed by atoms with E-state index in [0.717, 1.165) is 30.1 Å². The SMILES string of the molecule is CCNCC(C)(C)Cc1ccc(Cl)cc1Cl. The maximum Gasteiger partial charge on any atom is 0.0453 e. The monoisotopic (exact) mass is 259 g/mol. The van der Waals surface area contributed by atoms with E-state index in [4.69, 9.17) is 23.2 Å². The second-order valence-electron chi connectivity index (χ2n) is 4.86. The average molecular weight is 260 g/mol. The number of halogens is 2. The third-order valence-corrected chi connectivity index (χ3v) is 3.12. The van der Waals surface area contributed by atoms with E-state index < -0.39 is 0 Å². The lowest BCUT2D eigenvalue weighted by Crippen LogP contribution is -2.31. The summed E-state index contributed by atoms with van der Waals surface area (Å²) in [4.78, 5) is 0. The second-order valence-corrected chi connectivity index (χ2v) is 5.70. The fourth-order valence-electron chi connectivity index (χ4n) is 1.71. The van der Waals surface area contributed by atoms with Gasteiger partial charge in [-0.1, -0.05) is 50.0 Å². The van der Waals surface area contributed by atoms with Crippen molar-refractivity contribution < 1.29 is 0 Å². The summed E-state index contributed by atoms with van der Waals surface area (Å²) in [5.41, 5.74) is 1.36. The lowest BCUT2D eigenvalue weighted by atomic mass is 9.85. The van der Waals surface area contributed by atoms with E-state index in [1.54, 1.807) is 0 Å². The Morgan fingerprint density at radius 1 is 1.25 bits per heavy atom. The third-order valence-electron chi connectivity index (χ3n) is 2.54. The van der Waals surface area contributed by atoms with Crippen LogP contribution in [0.25, 0.3) is 0 Å². The van der Waals surface area contributed by atoms with Gasteiger partial charge in [-0.25, -0.2) is 0 Å². The van der Waals surface area contributed by atoms with Gasteiger partial charge in [0.2, 0.25) is 0 Å². The predicted octanol–water partition coefficient (Wildman–Crippen LogP) is 4.17. The van der Waals surface area contributed by atoms with Crippen molar-refractivity contribution in [3.05, 3.63) is 33.8 Å². The van der Waals surface area contributed by atoms with Gasteiger partial charge in [0.1, 0.15) is 0 Å². The van der Waals surface area contributed by atoms with Crippen LogP contribution in [0.15, 0.2) is 18.2 Å². The summed E-state index contributed by atoms with van der Waals surface area (Å²) in [6.45, 7) is 8.58. The van der Waals surface area contributed by atoms with Crippen molar-refractivity contribution in [3.63, 3.8) is 0 Å². The van der Waals surface area contributed by atoms with Crippen LogP contribution < -0.4 is 5.32 Å². The van der Waals surface area contributed by atoms with E-state index in [2.05, 4.69) is 26.1 Å². The largest absolute Gasteiger partial charge is 0.316 e. The first-order valence-electron chi connectivity index (χ1n) is 5.59. The first-order chi connectivity index (χ1) is 7.44. The van der Waals surface area contributed by atoms with E-state index in [9.17, 15) is 0 Å². The maximum atomic E-state index is 6.16. The van der Waals surface area contributed by atoms with Crippen molar-refractivity contribution in [2.24, 2.45) is 5.41 Å². The summed E-state index contributed by atoms with van der Waals surface area (Å²) < 4.78 is 0. The molecule has 16 heavy (non-hydrogen) atoms. The molecule has 0 aliphatic carbocycles. The molecule has 90 valence electrons.